The highest BCUT2D eigenvalue weighted by Crippen LogP contribution is 2.27. The molecule has 2 unspecified atom stereocenters. The van der Waals surface area contributed by atoms with E-state index in [0.717, 1.165) is 0 Å². The maximum Gasteiger partial charge on any atom is 0.165 e. The monoisotopic (exact) mass is 227 g/mol. The van der Waals surface area contributed by atoms with Crippen LogP contribution >= 0.6 is 0 Å². The maximum absolute atomic E-state index is 13.6. The topological polar surface area (TPSA) is 44.5 Å². The number of hydrogen-bond donors (Lipinski definition) is 1. The average molecular weight is 227 g/mol. The van der Waals surface area contributed by atoms with E-state index in [9.17, 15) is 4.39 Å². The Balaban J connectivity index is 2.92. The van der Waals surface area contributed by atoms with E-state index in [-0.39, 0.29) is 17.9 Å². The summed E-state index contributed by atoms with van der Waals surface area (Å²) in [7, 11) is 1.58. The van der Waals surface area contributed by atoms with Gasteiger partial charge in [-0.3, -0.25) is 0 Å². The fourth-order valence-electron chi connectivity index (χ4n) is 1.48. The van der Waals surface area contributed by atoms with Crippen molar-refractivity contribution in [3.63, 3.8) is 0 Å². The zero-order valence-corrected chi connectivity index (χ0v) is 9.87. The van der Waals surface area contributed by atoms with Gasteiger partial charge in [0.05, 0.1) is 6.61 Å². The van der Waals surface area contributed by atoms with Crippen molar-refractivity contribution < 1.29 is 13.9 Å². The molecule has 4 heteroatoms. The first kappa shape index (κ1) is 12.9. The lowest BCUT2D eigenvalue weighted by atomic mass is 10.1. The van der Waals surface area contributed by atoms with Crippen LogP contribution in [0.2, 0.25) is 0 Å². The van der Waals surface area contributed by atoms with Crippen LogP contribution in [0.15, 0.2) is 18.2 Å². The Morgan fingerprint density at radius 1 is 1.38 bits per heavy atom. The highest BCUT2D eigenvalue weighted by Gasteiger charge is 2.15. The first-order valence-corrected chi connectivity index (χ1v) is 5.25. The summed E-state index contributed by atoms with van der Waals surface area (Å²) < 4.78 is 24.0. The summed E-state index contributed by atoms with van der Waals surface area (Å²) in [5, 5.41) is 0. The molecule has 0 fully saturated rings. The van der Waals surface area contributed by atoms with Gasteiger partial charge in [0.2, 0.25) is 0 Å². The standard InChI is InChI=1S/C12H18FNO2/c1-8(7-15-3)16-12-10(9(2)14)5-4-6-11(12)13/h4-6,8-9H,7,14H2,1-3H3. The molecule has 0 saturated carbocycles. The van der Waals surface area contributed by atoms with Gasteiger partial charge in [0.25, 0.3) is 0 Å². The fraction of sp³-hybridized carbons (Fsp3) is 0.500. The second kappa shape index (κ2) is 5.82. The van der Waals surface area contributed by atoms with Crippen molar-refractivity contribution in [3.8, 4) is 5.75 Å². The minimum absolute atomic E-state index is 0.209. The normalized spacial score (nSPS) is 14.6. The lowest BCUT2D eigenvalue weighted by Crippen LogP contribution is -2.20. The zero-order valence-electron chi connectivity index (χ0n) is 9.87. The second-order valence-corrected chi connectivity index (χ2v) is 3.83. The van der Waals surface area contributed by atoms with E-state index < -0.39 is 5.82 Å². The number of halogens is 1. The van der Waals surface area contributed by atoms with Crippen LogP contribution in [0.1, 0.15) is 25.5 Å². The van der Waals surface area contributed by atoms with Gasteiger partial charge in [-0.05, 0) is 19.9 Å². The Kier molecular flexibility index (Phi) is 4.71. The summed E-state index contributed by atoms with van der Waals surface area (Å²) in [6.45, 7) is 4.02. The third-order valence-corrected chi connectivity index (χ3v) is 2.21. The molecule has 90 valence electrons. The molecule has 1 rings (SSSR count). The predicted octanol–water partition coefficient (Wildman–Crippen LogP) is 2.26. The van der Waals surface area contributed by atoms with Gasteiger partial charge in [-0.25, -0.2) is 4.39 Å². The molecule has 3 nitrogen and oxygen atoms in total. The minimum Gasteiger partial charge on any atom is -0.485 e. The highest BCUT2D eigenvalue weighted by atomic mass is 19.1. The van der Waals surface area contributed by atoms with Crippen LogP contribution in [0.3, 0.4) is 0 Å². The van der Waals surface area contributed by atoms with E-state index >= 15 is 0 Å². The van der Waals surface area contributed by atoms with Crippen LogP contribution in [0.25, 0.3) is 0 Å². The Morgan fingerprint density at radius 3 is 2.62 bits per heavy atom. The number of methoxy groups -OCH3 is 1. The van der Waals surface area contributed by atoms with Crippen molar-refractivity contribution >= 4 is 0 Å². The Bertz CT molecular complexity index is 342. The number of nitrogens with two attached hydrogens (primary N) is 1. The number of ether oxygens (including phenoxy) is 2. The lowest BCUT2D eigenvalue weighted by Gasteiger charge is -2.18. The lowest BCUT2D eigenvalue weighted by molar-refractivity contribution is 0.0883. The van der Waals surface area contributed by atoms with Crippen molar-refractivity contribution in [3.05, 3.63) is 29.6 Å². The van der Waals surface area contributed by atoms with Crippen molar-refractivity contribution in [1.82, 2.24) is 0 Å². The molecule has 16 heavy (non-hydrogen) atoms. The van der Waals surface area contributed by atoms with Crippen LogP contribution in [0.4, 0.5) is 4.39 Å². The summed E-state index contributed by atoms with van der Waals surface area (Å²) in [5.41, 5.74) is 6.42. The van der Waals surface area contributed by atoms with Crippen LogP contribution in [-0.2, 0) is 4.74 Å². The number of rotatable bonds is 5. The summed E-state index contributed by atoms with van der Waals surface area (Å²) in [5.74, 6) is -0.167. The van der Waals surface area contributed by atoms with E-state index in [2.05, 4.69) is 0 Å². The summed E-state index contributed by atoms with van der Waals surface area (Å²) in [6.07, 6.45) is -0.209. The molecule has 0 spiro atoms. The molecule has 2 atom stereocenters. The molecule has 0 aliphatic carbocycles. The van der Waals surface area contributed by atoms with Gasteiger partial charge in [-0.15, -0.1) is 0 Å². The van der Waals surface area contributed by atoms with E-state index in [0.29, 0.717) is 12.2 Å². The van der Waals surface area contributed by atoms with Gasteiger partial charge in [0.15, 0.2) is 11.6 Å². The molecule has 1 aromatic rings. The van der Waals surface area contributed by atoms with Gasteiger partial charge in [-0.2, -0.15) is 0 Å². The zero-order chi connectivity index (χ0) is 12.1. The number of hydrogen-bond acceptors (Lipinski definition) is 3. The van der Waals surface area contributed by atoms with E-state index in [1.54, 1.807) is 26.2 Å². The van der Waals surface area contributed by atoms with Gasteiger partial charge < -0.3 is 15.2 Å². The van der Waals surface area contributed by atoms with Gasteiger partial charge in [0.1, 0.15) is 6.10 Å². The summed E-state index contributed by atoms with van der Waals surface area (Å²) >= 11 is 0. The Hall–Kier alpha value is -1.13. The second-order valence-electron chi connectivity index (χ2n) is 3.83. The molecule has 0 aliphatic heterocycles. The largest absolute Gasteiger partial charge is 0.485 e. The summed E-state index contributed by atoms with van der Waals surface area (Å²) in [4.78, 5) is 0. The Labute approximate surface area is 95.4 Å². The molecular weight excluding hydrogens is 209 g/mol. The first-order chi connectivity index (χ1) is 7.56. The number of para-hydroxylation sites is 1. The van der Waals surface area contributed by atoms with Crippen LogP contribution in [0, 0.1) is 5.82 Å². The average Bonchev–Trinajstić information content (AvgIpc) is 2.21. The number of benzene rings is 1. The predicted molar refractivity (Wildman–Crippen MR) is 61.0 cm³/mol. The maximum atomic E-state index is 13.6. The van der Waals surface area contributed by atoms with Gasteiger partial charge in [-0.1, -0.05) is 12.1 Å². The van der Waals surface area contributed by atoms with Gasteiger partial charge >= 0.3 is 0 Å². The molecule has 0 amide bonds. The molecule has 1 aromatic carbocycles. The summed E-state index contributed by atoms with van der Waals surface area (Å²) in [6, 6.07) is 4.49. The third-order valence-electron chi connectivity index (χ3n) is 2.21. The van der Waals surface area contributed by atoms with Crippen LogP contribution < -0.4 is 10.5 Å². The molecule has 0 aliphatic rings. The van der Waals surface area contributed by atoms with Gasteiger partial charge in [0, 0.05) is 18.7 Å². The molecule has 0 saturated heterocycles. The van der Waals surface area contributed by atoms with Crippen molar-refractivity contribution in [2.75, 3.05) is 13.7 Å². The van der Waals surface area contributed by atoms with Crippen molar-refractivity contribution in [1.29, 1.82) is 0 Å². The van der Waals surface area contributed by atoms with Crippen molar-refractivity contribution in [2.24, 2.45) is 5.73 Å². The van der Waals surface area contributed by atoms with E-state index in [4.69, 9.17) is 15.2 Å². The molecule has 0 radical (unpaired) electrons. The first-order valence-electron chi connectivity index (χ1n) is 5.25. The molecule has 0 bridgehead atoms. The van der Waals surface area contributed by atoms with E-state index in [1.165, 1.54) is 6.07 Å². The highest BCUT2D eigenvalue weighted by molar-refractivity contribution is 5.37. The third kappa shape index (κ3) is 3.18. The molecule has 0 aromatic heterocycles. The van der Waals surface area contributed by atoms with Crippen LogP contribution in [0.5, 0.6) is 5.75 Å². The minimum atomic E-state index is -0.391. The molecular formula is C12H18FNO2. The molecule has 2 N–H and O–H groups in total. The fourth-order valence-corrected chi connectivity index (χ4v) is 1.48. The van der Waals surface area contributed by atoms with Crippen LogP contribution in [-0.4, -0.2) is 19.8 Å². The SMILES string of the molecule is COCC(C)Oc1c(F)cccc1C(C)N. The quantitative estimate of drug-likeness (QED) is 0.839. The van der Waals surface area contributed by atoms with E-state index in [1.807, 2.05) is 6.92 Å². The van der Waals surface area contributed by atoms with Crippen molar-refractivity contribution in [2.45, 2.75) is 26.0 Å². The smallest absolute Gasteiger partial charge is 0.165 e. The Morgan fingerprint density at radius 2 is 2.06 bits per heavy atom. The molecule has 0 heterocycles.